The van der Waals surface area contributed by atoms with Crippen molar-refractivity contribution in [2.45, 2.75) is 20.1 Å². The predicted octanol–water partition coefficient (Wildman–Crippen LogP) is 2.65. The normalized spacial score (nSPS) is 11.2. The second-order valence-corrected chi connectivity index (χ2v) is 5.76. The first-order valence-electron chi connectivity index (χ1n) is 8.36. The van der Waals surface area contributed by atoms with Gasteiger partial charge < -0.3 is 9.47 Å². The number of methoxy groups -OCH3 is 1. The molecule has 2 heterocycles. The van der Waals surface area contributed by atoms with Crippen molar-refractivity contribution in [3.8, 4) is 11.5 Å². The first-order chi connectivity index (χ1) is 12.7. The van der Waals surface area contributed by atoms with Crippen LogP contribution in [0.2, 0.25) is 0 Å². The zero-order chi connectivity index (χ0) is 18.1. The highest BCUT2D eigenvalue weighted by Crippen LogP contribution is 2.26. The molecule has 0 saturated heterocycles. The smallest absolute Gasteiger partial charge is 0.262 e. The van der Waals surface area contributed by atoms with Crippen LogP contribution in [0.25, 0.3) is 16.7 Å². The van der Waals surface area contributed by atoms with Gasteiger partial charge in [-0.1, -0.05) is 24.3 Å². The van der Waals surface area contributed by atoms with E-state index in [4.69, 9.17) is 9.47 Å². The molecule has 4 aromatic rings. The van der Waals surface area contributed by atoms with Crippen LogP contribution >= 0.6 is 0 Å². The maximum atomic E-state index is 12.7. The number of hydrogen-bond acceptors (Lipinski definition) is 5. The molecular formula is C19H18N4O3. The summed E-state index contributed by atoms with van der Waals surface area (Å²) in [6.07, 6.45) is 0. The fourth-order valence-corrected chi connectivity index (χ4v) is 3.07. The molecule has 0 atom stereocenters. The van der Waals surface area contributed by atoms with E-state index in [-0.39, 0.29) is 12.2 Å². The van der Waals surface area contributed by atoms with Gasteiger partial charge in [0.05, 0.1) is 18.0 Å². The highest BCUT2D eigenvalue weighted by Gasteiger charge is 2.16. The third kappa shape index (κ3) is 2.48. The lowest BCUT2D eigenvalue weighted by molar-refractivity contribution is 0.275. The number of aryl methyl sites for hydroxylation is 1. The molecule has 0 N–H and O–H groups in total. The molecule has 0 fully saturated rings. The molecule has 7 heteroatoms. The third-order valence-corrected chi connectivity index (χ3v) is 4.32. The van der Waals surface area contributed by atoms with Crippen LogP contribution in [0.15, 0.2) is 53.3 Å². The van der Waals surface area contributed by atoms with Gasteiger partial charge in [-0.3, -0.25) is 13.8 Å². The van der Waals surface area contributed by atoms with E-state index < -0.39 is 0 Å². The average Bonchev–Trinajstić information content (AvgIpc) is 3.11. The Hall–Kier alpha value is -3.35. The van der Waals surface area contributed by atoms with Crippen LogP contribution in [0.3, 0.4) is 0 Å². The minimum Gasteiger partial charge on any atom is -0.493 e. The van der Waals surface area contributed by atoms with Crippen molar-refractivity contribution in [1.82, 2.24) is 19.2 Å². The Balaban J connectivity index is 1.84. The van der Waals surface area contributed by atoms with E-state index >= 15 is 0 Å². The van der Waals surface area contributed by atoms with E-state index in [9.17, 15) is 4.79 Å². The molecule has 2 aromatic carbocycles. The molecule has 2 aromatic heterocycles. The van der Waals surface area contributed by atoms with Gasteiger partial charge in [0.2, 0.25) is 5.78 Å². The number of hydrogen-bond donors (Lipinski definition) is 0. The highest BCUT2D eigenvalue weighted by atomic mass is 16.5. The van der Waals surface area contributed by atoms with Crippen molar-refractivity contribution in [3.63, 3.8) is 0 Å². The van der Waals surface area contributed by atoms with Crippen LogP contribution < -0.4 is 15.0 Å². The number of rotatable bonds is 5. The SMILES string of the molecule is CCn1c(=O)c2ccccc2n2c(COc3ccccc3OC)nnc12. The summed E-state index contributed by atoms with van der Waals surface area (Å²) in [4.78, 5) is 12.7. The van der Waals surface area contributed by atoms with Crippen LogP contribution in [-0.2, 0) is 13.2 Å². The lowest BCUT2D eigenvalue weighted by Crippen LogP contribution is -2.22. The van der Waals surface area contributed by atoms with Crippen LogP contribution in [0.1, 0.15) is 12.7 Å². The van der Waals surface area contributed by atoms with Gasteiger partial charge in [-0.2, -0.15) is 0 Å². The molecule has 0 spiro atoms. The summed E-state index contributed by atoms with van der Waals surface area (Å²) < 4.78 is 14.7. The monoisotopic (exact) mass is 350 g/mol. The predicted molar refractivity (Wildman–Crippen MR) is 97.8 cm³/mol. The van der Waals surface area contributed by atoms with E-state index in [1.165, 1.54) is 0 Å². The summed E-state index contributed by atoms with van der Waals surface area (Å²) in [5, 5.41) is 9.10. The minimum atomic E-state index is -0.0693. The number of fused-ring (bicyclic) bond motifs is 3. The van der Waals surface area contributed by atoms with Gasteiger partial charge in [-0.05, 0) is 31.2 Å². The largest absolute Gasteiger partial charge is 0.493 e. The molecule has 0 amide bonds. The Morgan fingerprint density at radius 1 is 1.00 bits per heavy atom. The van der Waals surface area contributed by atoms with Crippen LogP contribution in [-0.4, -0.2) is 26.3 Å². The molecule has 132 valence electrons. The van der Waals surface area contributed by atoms with Gasteiger partial charge in [0.1, 0.15) is 6.61 Å². The van der Waals surface area contributed by atoms with Crippen LogP contribution in [0.4, 0.5) is 0 Å². The molecule has 0 bridgehead atoms. The van der Waals surface area contributed by atoms with E-state index in [0.717, 1.165) is 5.52 Å². The van der Waals surface area contributed by atoms with Crippen molar-refractivity contribution in [2.24, 2.45) is 0 Å². The van der Waals surface area contributed by atoms with Crippen LogP contribution in [0.5, 0.6) is 11.5 Å². The average molecular weight is 350 g/mol. The summed E-state index contributed by atoms with van der Waals surface area (Å²) in [6, 6.07) is 14.9. The summed E-state index contributed by atoms with van der Waals surface area (Å²) in [7, 11) is 1.60. The molecule has 26 heavy (non-hydrogen) atoms. The fraction of sp³-hybridized carbons (Fsp3) is 0.211. The highest BCUT2D eigenvalue weighted by molar-refractivity contribution is 5.80. The van der Waals surface area contributed by atoms with Gasteiger partial charge in [-0.15, -0.1) is 10.2 Å². The van der Waals surface area contributed by atoms with Crippen molar-refractivity contribution in [3.05, 3.63) is 64.7 Å². The van der Waals surface area contributed by atoms with Crippen molar-refractivity contribution in [1.29, 1.82) is 0 Å². The molecule has 0 saturated carbocycles. The summed E-state index contributed by atoms with van der Waals surface area (Å²) in [5.74, 6) is 2.40. The molecule has 0 aliphatic carbocycles. The number of aromatic nitrogens is 4. The summed E-state index contributed by atoms with van der Waals surface area (Å²) in [6.45, 7) is 2.63. The Labute approximate surface area is 149 Å². The van der Waals surface area contributed by atoms with Crippen LogP contribution in [0, 0.1) is 0 Å². The van der Waals surface area contributed by atoms with Gasteiger partial charge in [0.15, 0.2) is 17.3 Å². The van der Waals surface area contributed by atoms with E-state index in [1.54, 1.807) is 11.7 Å². The zero-order valence-electron chi connectivity index (χ0n) is 14.5. The maximum absolute atomic E-state index is 12.7. The Kier molecular flexibility index (Phi) is 4.04. The van der Waals surface area contributed by atoms with Gasteiger partial charge in [-0.25, -0.2) is 0 Å². The molecule has 0 aliphatic heterocycles. The van der Waals surface area contributed by atoms with Gasteiger partial charge >= 0.3 is 0 Å². The number of para-hydroxylation sites is 3. The van der Waals surface area contributed by atoms with Crippen molar-refractivity contribution >= 4 is 16.7 Å². The van der Waals surface area contributed by atoms with Gasteiger partial charge in [0.25, 0.3) is 5.56 Å². The Morgan fingerprint density at radius 3 is 2.50 bits per heavy atom. The van der Waals surface area contributed by atoms with E-state index in [2.05, 4.69) is 10.2 Å². The van der Waals surface area contributed by atoms with Crippen molar-refractivity contribution < 1.29 is 9.47 Å². The molecule has 0 radical (unpaired) electrons. The minimum absolute atomic E-state index is 0.0693. The molecular weight excluding hydrogens is 332 g/mol. The van der Waals surface area contributed by atoms with Gasteiger partial charge in [0, 0.05) is 6.54 Å². The Bertz CT molecular complexity index is 1150. The Morgan fingerprint density at radius 2 is 1.73 bits per heavy atom. The standard InChI is InChI=1S/C19H18N4O3/c1-3-22-18(24)13-8-4-5-9-14(13)23-17(20-21-19(22)23)12-26-16-11-7-6-10-15(16)25-2/h4-11H,3,12H2,1-2H3. The molecule has 0 unspecified atom stereocenters. The van der Waals surface area contributed by atoms with E-state index in [1.807, 2.05) is 59.9 Å². The lowest BCUT2D eigenvalue weighted by atomic mass is 10.2. The second-order valence-electron chi connectivity index (χ2n) is 5.76. The first-order valence-corrected chi connectivity index (χ1v) is 8.36. The fourth-order valence-electron chi connectivity index (χ4n) is 3.07. The lowest BCUT2D eigenvalue weighted by Gasteiger charge is -2.11. The number of benzene rings is 2. The quantitative estimate of drug-likeness (QED) is 0.553. The topological polar surface area (TPSA) is 70.7 Å². The summed E-state index contributed by atoms with van der Waals surface area (Å²) in [5.41, 5.74) is 0.695. The molecule has 7 nitrogen and oxygen atoms in total. The van der Waals surface area contributed by atoms with E-state index in [0.29, 0.717) is 35.0 Å². The maximum Gasteiger partial charge on any atom is 0.262 e. The number of ether oxygens (including phenoxy) is 2. The first kappa shape index (κ1) is 16.1. The number of nitrogens with zero attached hydrogens (tertiary/aromatic N) is 4. The van der Waals surface area contributed by atoms with Crippen molar-refractivity contribution in [2.75, 3.05) is 7.11 Å². The molecule has 0 aliphatic rings. The third-order valence-electron chi connectivity index (χ3n) is 4.32. The second kappa shape index (κ2) is 6.51. The molecule has 4 rings (SSSR count). The summed E-state index contributed by atoms with van der Waals surface area (Å²) >= 11 is 0. The zero-order valence-corrected chi connectivity index (χ0v) is 14.5.